The summed E-state index contributed by atoms with van der Waals surface area (Å²) in [5.74, 6) is 0. The van der Waals surface area contributed by atoms with Crippen molar-refractivity contribution in [2.45, 2.75) is 6.42 Å². The molecule has 0 amide bonds. The van der Waals surface area contributed by atoms with Crippen molar-refractivity contribution in [1.82, 2.24) is 0 Å². The second-order valence-electron chi connectivity index (χ2n) is 0.948. The molecule has 0 atom stereocenters. The number of ether oxygens (including phenoxy) is 1. The molecule has 3 heteroatoms. The van der Waals surface area contributed by atoms with Gasteiger partial charge in [0.15, 0.2) is 0 Å². The smallest absolute Gasteiger partial charge is 1.00 e. The molecule has 0 heterocycles. The number of hydrogen-bond donors (Lipinski definition) is 0. The number of aldehydes is 1. The van der Waals surface area contributed by atoms with Gasteiger partial charge in [-0.1, -0.05) is 0 Å². The molecule has 0 aromatic rings. The molecule has 0 radical (unpaired) electrons. The van der Waals surface area contributed by atoms with Crippen LogP contribution in [0.5, 0.6) is 0 Å². The number of rotatable bonds is 3. The Balaban J connectivity index is -0.0000000417. The number of carbonyl (C=O) groups excluding carboxylic acids is 1. The van der Waals surface area contributed by atoms with E-state index in [0.29, 0.717) is 13.0 Å². The monoisotopic (exact) mass is 114 g/mol. The Morgan fingerprint density at radius 1 is 1.86 bits per heavy atom. The first-order chi connectivity index (χ1) is 2.91. The molecule has 0 aromatic heterocycles. The summed E-state index contributed by atoms with van der Waals surface area (Å²) in [6, 6.07) is 0. The molecule has 0 bridgehead atoms. The molecule has 0 aliphatic rings. The molecular weight excluding hydrogens is 104 g/mol. The van der Waals surface area contributed by atoms with E-state index in [2.05, 4.69) is 4.74 Å². The molecule has 0 aliphatic heterocycles. The third-order valence-electron chi connectivity index (χ3n) is 0.440. The zero-order chi connectivity index (χ0) is 4.83. The normalized spacial score (nSPS) is 7.00. The zero-order valence-corrected chi connectivity index (χ0v) is 5.93. The quantitative estimate of drug-likeness (QED) is 0.295. The van der Waals surface area contributed by atoms with Crippen molar-refractivity contribution in [2.24, 2.45) is 0 Å². The maximum Gasteiger partial charge on any atom is 2.00 e. The third-order valence-corrected chi connectivity index (χ3v) is 0.440. The molecule has 0 unspecified atom stereocenters. The fourth-order valence-corrected chi connectivity index (χ4v) is 0.166. The van der Waals surface area contributed by atoms with Crippen LogP contribution in [0, 0.1) is 0 Å². The van der Waals surface area contributed by atoms with Crippen molar-refractivity contribution in [1.29, 1.82) is 0 Å². The first-order valence-electron chi connectivity index (χ1n) is 1.84. The number of hydrogen-bond acceptors (Lipinski definition) is 2. The minimum absolute atomic E-state index is 0. The topological polar surface area (TPSA) is 26.3 Å². The molecule has 0 aliphatic carbocycles. The molecular formula is C4H10MgO2. The van der Waals surface area contributed by atoms with Gasteiger partial charge in [0.1, 0.15) is 6.29 Å². The summed E-state index contributed by atoms with van der Waals surface area (Å²) in [4.78, 5) is 9.48. The van der Waals surface area contributed by atoms with Crippen LogP contribution in [0.25, 0.3) is 0 Å². The minimum atomic E-state index is 0. The molecule has 0 saturated heterocycles. The van der Waals surface area contributed by atoms with Crippen LogP contribution >= 0.6 is 0 Å². The molecule has 2 nitrogen and oxygen atoms in total. The molecule has 0 spiro atoms. The predicted octanol–water partition coefficient (Wildman–Crippen LogP) is 0.0660. The van der Waals surface area contributed by atoms with Gasteiger partial charge >= 0.3 is 23.1 Å². The summed E-state index contributed by atoms with van der Waals surface area (Å²) in [5.41, 5.74) is 0. The zero-order valence-electron chi connectivity index (χ0n) is 6.52. The summed E-state index contributed by atoms with van der Waals surface area (Å²) >= 11 is 0. The number of carbonyl (C=O) groups is 1. The Morgan fingerprint density at radius 3 is 2.57 bits per heavy atom. The Kier molecular flexibility index (Phi) is 14.3. The fourth-order valence-electron chi connectivity index (χ4n) is 0.166. The van der Waals surface area contributed by atoms with Gasteiger partial charge in [0, 0.05) is 13.5 Å². The van der Waals surface area contributed by atoms with Crippen molar-refractivity contribution in [3.8, 4) is 0 Å². The van der Waals surface area contributed by atoms with Crippen LogP contribution in [-0.2, 0) is 9.53 Å². The van der Waals surface area contributed by atoms with Gasteiger partial charge in [-0.05, 0) is 0 Å². The summed E-state index contributed by atoms with van der Waals surface area (Å²) in [5, 5.41) is 0. The third kappa shape index (κ3) is 10.7. The largest absolute Gasteiger partial charge is 2.00 e. The maximum atomic E-state index is 9.48. The van der Waals surface area contributed by atoms with Crippen molar-refractivity contribution in [2.75, 3.05) is 13.7 Å². The van der Waals surface area contributed by atoms with E-state index in [9.17, 15) is 4.79 Å². The Morgan fingerprint density at radius 2 is 2.43 bits per heavy atom. The molecule has 0 N–H and O–H groups in total. The van der Waals surface area contributed by atoms with E-state index >= 15 is 0 Å². The molecule has 7 heavy (non-hydrogen) atoms. The van der Waals surface area contributed by atoms with Gasteiger partial charge in [0.05, 0.1) is 6.61 Å². The van der Waals surface area contributed by atoms with Gasteiger partial charge in [-0.15, -0.1) is 0 Å². The van der Waals surface area contributed by atoms with Crippen LogP contribution in [0.2, 0.25) is 0 Å². The van der Waals surface area contributed by atoms with E-state index in [1.54, 1.807) is 7.11 Å². The predicted molar refractivity (Wildman–Crippen MR) is 30.5 cm³/mol. The van der Waals surface area contributed by atoms with Gasteiger partial charge in [-0.2, -0.15) is 0 Å². The second-order valence-corrected chi connectivity index (χ2v) is 0.948. The fraction of sp³-hybridized carbons (Fsp3) is 0.750. The SMILES string of the molecule is COCCC=O.[H-].[H-].[Mg+2]. The van der Waals surface area contributed by atoms with E-state index in [4.69, 9.17) is 0 Å². The van der Waals surface area contributed by atoms with Crippen molar-refractivity contribution in [3.05, 3.63) is 0 Å². The molecule has 0 saturated carbocycles. The van der Waals surface area contributed by atoms with Crippen LogP contribution in [0.1, 0.15) is 9.27 Å². The van der Waals surface area contributed by atoms with Gasteiger partial charge in [0.25, 0.3) is 0 Å². The van der Waals surface area contributed by atoms with Gasteiger partial charge in [-0.3, -0.25) is 0 Å². The van der Waals surface area contributed by atoms with E-state index in [1.165, 1.54) is 0 Å². The van der Waals surface area contributed by atoms with E-state index in [1.807, 2.05) is 0 Å². The van der Waals surface area contributed by atoms with Crippen LogP contribution in [0.4, 0.5) is 0 Å². The van der Waals surface area contributed by atoms with Crippen molar-refractivity contribution >= 4 is 29.3 Å². The van der Waals surface area contributed by atoms with E-state index in [-0.39, 0.29) is 25.9 Å². The molecule has 0 rings (SSSR count). The van der Waals surface area contributed by atoms with Gasteiger partial charge in [0.2, 0.25) is 0 Å². The summed E-state index contributed by atoms with van der Waals surface area (Å²) in [6.07, 6.45) is 1.35. The van der Waals surface area contributed by atoms with Crippen molar-refractivity contribution in [3.63, 3.8) is 0 Å². The average Bonchev–Trinajstić information content (AvgIpc) is 1.61. The first kappa shape index (κ1) is 10.4. The minimum Gasteiger partial charge on any atom is -1.00 e. The van der Waals surface area contributed by atoms with E-state index in [0.717, 1.165) is 6.29 Å². The summed E-state index contributed by atoms with van der Waals surface area (Å²) in [6.45, 7) is 0.545. The average molecular weight is 114 g/mol. The Labute approximate surface area is 62.3 Å². The summed E-state index contributed by atoms with van der Waals surface area (Å²) < 4.78 is 4.55. The van der Waals surface area contributed by atoms with Crippen LogP contribution in [-0.4, -0.2) is 43.1 Å². The van der Waals surface area contributed by atoms with Gasteiger partial charge in [-0.25, -0.2) is 0 Å². The second kappa shape index (κ2) is 9.64. The Bertz CT molecular complexity index is 45.5. The van der Waals surface area contributed by atoms with E-state index < -0.39 is 0 Å². The molecule has 40 valence electrons. The Hall–Kier alpha value is 0.396. The number of methoxy groups -OCH3 is 1. The molecule has 0 aromatic carbocycles. The van der Waals surface area contributed by atoms with Crippen LogP contribution in [0.15, 0.2) is 0 Å². The van der Waals surface area contributed by atoms with Crippen LogP contribution < -0.4 is 0 Å². The standard InChI is InChI=1S/C4H8O2.Mg.2H/c1-6-4-2-3-5;;;/h3H,2,4H2,1H3;;;/q;+2;2*-1. The molecule has 0 fully saturated rings. The summed E-state index contributed by atoms with van der Waals surface area (Å²) in [7, 11) is 1.57. The van der Waals surface area contributed by atoms with Gasteiger partial charge < -0.3 is 12.4 Å². The first-order valence-corrected chi connectivity index (χ1v) is 1.84. The van der Waals surface area contributed by atoms with Crippen LogP contribution in [0.3, 0.4) is 0 Å². The maximum absolute atomic E-state index is 9.48. The van der Waals surface area contributed by atoms with Crippen molar-refractivity contribution < 1.29 is 12.4 Å².